The Morgan fingerprint density at radius 1 is 1.08 bits per heavy atom. The number of aromatic nitrogens is 1. The number of rotatable bonds is 5. The van der Waals surface area contributed by atoms with E-state index in [2.05, 4.69) is 10.0 Å². The highest BCUT2D eigenvalue weighted by Crippen LogP contribution is 2.38. The van der Waals surface area contributed by atoms with Crippen LogP contribution in [0.4, 0.5) is 20.2 Å². The van der Waals surface area contributed by atoms with Crippen molar-refractivity contribution < 1.29 is 30.7 Å². The molecule has 39 heavy (non-hydrogen) atoms. The van der Waals surface area contributed by atoms with E-state index in [1.807, 2.05) is 0 Å². The zero-order valence-corrected chi connectivity index (χ0v) is 22.3. The Morgan fingerprint density at radius 3 is 2.51 bits per heavy atom. The second-order valence-corrected chi connectivity index (χ2v) is 12.7. The van der Waals surface area contributed by atoms with Crippen LogP contribution in [0.1, 0.15) is 11.1 Å². The monoisotopic (exact) mass is 593 g/mol. The summed E-state index contributed by atoms with van der Waals surface area (Å²) >= 11 is 5.89. The summed E-state index contributed by atoms with van der Waals surface area (Å²) in [4.78, 5) is 13.5. The summed E-state index contributed by atoms with van der Waals surface area (Å²) in [6.07, 6.45) is 0.910. The average molecular weight is 594 g/mol. The quantitative estimate of drug-likeness (QED) is 0.315. The molecule has 14 heteroatoms. The molecule has 0 saturated carbocycles. The van der Waals surface area contributed by atoms with Crippen LogP contribution in [0.3, 0.4) is 0 Å². The molecule has 1 aliphatic heterocycles. The first-order chi connectivity index (χ1) is 18.2. The van der Waals surface area contributed by atoms with Crippen LogP contribution in [0.25, 0.3) is 16.6 Å². The molecule has 9 nitrogen and oxygen atoms in total. The Morgan fingerprint density at radius 2 is 1.82 bits per heavy atom. The Hall–Kier alpha value is -3.94. The van der Waals surface area contributed by atoms with Gasteiger partial charge in [-0.2, -0.15) is 0 Å². The average Bonchev–Trinajstić information content (AvgIpc) is 2.83. The number of anilines is 2. The first-order valence-corrected chi connectivity index (χ1v) is 14.9. The fraction of sp³-hybridized carbons (Fsp3) is 0.0800. The second-order valence-electron chi connectivity index (χ2n) is 8.81. The minimum absolute atomic E-state index is 0.00261. The van der Waals surface area contributed by atoms with Crippen molar-refractivity contribution in [2.75, 3.05) is 16.3 Å². The number of fused-ring (bicyclic) bond motifs is 2. The van der Waals surface area contributed by atoms with E-state index >= 15 is 0 Å². The van der Waals surface area contributed by atoms with Gasteiger partial charge in [-0.25, -0.2) is 25.6 Å². The Bertz CT molecular complexity index is 2010. The molecule has 0 atom stereocenters. The van der Waals surface area contributed by atoms with Crippen molar-refractivity contribution in [2.45, 2.75) is 11.4 Å². The van der Waals surface area contributed by atoms with Gasteiger partial charge < -0.3 is 15.0 Å². The summed E-state index contributed by atoms with van der Waals surface area (Å²) in [5.74, 6) is -2.04. The number of sulfonamides is 1. The Labute approximate surface area is 225 Å². The first kappa shape index (κ1) is 26.7. The molecule has 5 rings (SSSR count). The predicted octanol–water partition coefficient (Wildman–Crippen LogP) is 4.26. The number of pyridine rings is 1. The SMILES string of the molecule is CS(=O)(=O)Nc1ccc2c(c1)S(=O)(=O)C=C(c1c(O)c3cc(F)ccc3n(Cc3ccc(F)c(Cl)c3)c1=O)N2. The van der Waals surface area contributed by atoms with Crippen LogP contribution in [0.2, 0.25) is 5.02 Å². The van der Waals surface area contributed by atoms with E-state index in [-0.39, 0.29) is 44.4 Å². The van der Waals surface area contributed by atoms with E-state index in [0.717, 1.165) is 35.9 Å². The van der Waals surface area contributed by atoms with Gasteiger partial charge in [0.1, 0.15) is 22.9 Å². The highest BCUT2D eigenvalue weighted by Gasteiger charge is 2.29. The highest BCUT2D eigenvalue weighted by atomic mass is 35.5. The lowest BCUT2D eigenvalue weighted by Gasteiger charge is -2.22. The Balaban J connectivity index is 1.70. The van der Waals surface area contributed by atoms with Crippen molar-refractivity contribution in [1.29, 1.82) is 0 Å². The maximum Gasteiger partial charge on any atom is 0.264 e. The Kier molecular flexibility index (Phi) is 6.40. The van der Waals surface area contributed by atoms with Crippen molar-refractivity contribution in [3.63, 3.8) is 0 Å². The molecule has 4 aromatic rings. The van der Waals surface area contributed by atoms with Gasteiger partial charge >= 0.3 is 0 Å². The standard InChI is InChI=1S/C25H18ClF2N3O6S2/c1-38(34,35)30-15-4-6-19-22(10-15)39(36,37)12-20(29-19)23-24(32)16-9-14(27)3-7-21(16)31(25(23)33)11-13-2-5-18(28)17(26)8-13/h2-10,12,29-30,32H,11H2,1H3. The molecule has 0 unspecified atom stereocenters. The maximum absolute atomic E-state index is 14.2. The highest BCUT2D eigenvalue weighted by molar-refractivity contribution is 7.94. The number of hydrogen-bond donors (Lipinski definition) is 3. The summed E-state index contributed by atoms with van der Waals surface area (Å²) in [5, 5.41) is 14.3. The van der Waals surface area contributed by atoms with Crippen molar-refractivity contribution in [1.82, 2.24) is 4.57 Å². The number of nitrogens with zero attached hydrogens (tertiary/aromatic N) is 1. The second kappa shape index (κ2) is 9.36. The van der Waals surface area contributed by atoms with Gasteiger partial charge in [0.2, 0.25) is 19.9 Å². The lowest BCUT2D eigenvalue weighted by atomic mass is 10.1. The third-order valence-corrected chi connectivity index (χ3v) is 8.32. The molecule has 0 aliphatic carbocycles. The summed E-state index contributed by atoms with van der Waals surface area (Å²) in [7, 11) is -7.93. The van der Waals surface area contributed by atoms with E-state index < -0.39 is 48.4 Å². The first-order valence-electron chi connectivity index (χ1n) is 11.1. The summed E-state index contributed by atoms with van der Waals surface area (Å²) in [6, 6.07) is 10.9. The number of hydrogen-bond acceptors (Lipinski definition) is 7. The van der Waals surface area contributed by atoms with Gasteiger partial charge in [0.25, 0.3) is 5.56 Å². The molecule has 0 amide bonds. The number of halogens is 3. The minimum atomic E-state index is -4.25. The molecule has 0 radical (unpaired) electrons. The van der Waals surface area contributed by atoms with E-state index in [4.69, 9.17) is 11.6 Å². The van der Waals surface area contributed by atoms with Gasteiger partial charge in [-0.15, -0.1) is 0 Å². The molecule has 0 spiro atoms. The van der Waals surface area contributed by atoms with E-state index in [9.17, 15) is 35.5 Å². The summed E-state index contributed by atoms with van der Waals surface area (Å²) < 4.78 is 80.7. The fourth-order valence-electron chi connectivity index (χ4n) is 4.29. The van der Waals surface area contributed by atoms with Gasteiger partial charge in [0.15, 0.2) is 0 Å². The van der Waals surface area contributed by atoms with Crippen LogP contribution in [0, 0.1) is 11.6 Å². The molecule has 1 aromatic heterocycles. The van der Waals surface area contributed by atoms with Crippen molar-refractivity contribution >= 4 is 59.4 Å². The van der Waals surface area contributed by atoms with Crippen LogP contribution in [0.15, 0.2) is 69.7 Å². The van der Waals surface area contributed by atoms with Gasteiger partial charge in [0, 0.05) is 11.1 Å². The van der Waals surface area contributed by atoms with Gasteiger partial charge in [-0.05, 0) is 54.1 Å². The molecule has 0 bridgehead atoms. The van der Waals surface area contributed by atoms with E-state index in [1.165, 1.54) is 34.9 Å². The molecule has 0 fully saturated rings. The number of benzene rings is 3. The molecule has 3 aromatic carbocycles. The summed E-state index contributed by atoms with van der Waals surface area (Å²) in [5.41, 5.74) is -0.983. The molecule has 3 N–H and O–H groups in total. The minimum Gasteiger partial charge on any atom is -0.506 e. The third kappa shape index (κ3) is 5.07. The van der Waals surface area contributed by atoms with Crippen LogP contribution in [-0.4, -0.2) is 32.8 Å². The lowest BCUT2D eigenvalue weighted by molar-refractivity contribution is 0.476. The van der Waals surface area contributed by atoms with Crippen molar-refractivity contribution in [3.8, 4) is 5.75 Å². The molecule has 202 valence electrons. The maximum atomic E-state index is 14.2. The molecular weight excluding hydrogens is 576 g/mol. The third-order valence-electron chi connectivity index (χ3n) is 5.93. The smallest absolute Gasteiger partial charge is 0.264 e. The molecule has 0 saturated heterocycles. The van der Waals surface area contributed by atoms with E-state index in [0.29, 0.717) is 5.56 Å². The fourth-order valence-corrected chi connectivity index (χ4v) is 6.38. The zero-order valence-electron chi connectivity index (χ0n) is 19.9. The zero-order chi connectivity index (χ0) is 28.3. The van der Waals surface area contributed by atoms with E-state index in [1.54, 1.807) is 0 Å². The normalized spacial score (nSPS) is 14.4. The number of aromatic hydroxyl groups is 1. The van der Waals surface area contributed by atoms with Gasteiger partial charge in [0.05, 0.1) is 45.0 Å². The van der Waals surface area contributed by atoms with Gasteiger partial charge in [-0.1, -0.05) is 17.7 Å². The van der Waals surface area contributed by atoms with Crippen LogP contribution in [-0.2, 0) is 26.4 Å². The van der Waals surface area contributed by atoms with Crippen molar-refractivity contribution in [3.05, 3.63) is 98.1 Å². The number of nitrogens with one attached hydrogen (secondary N) is 2. The molecule has 2 heterocycles. The predicted molar refractivity (Wildman–Crippen MR) is 144 cm³/mol. The topological polar surface area (TPSA) is 135 Å². The largest absolute Gasteiger partial charge is 0.506 e. The van der Waals surface area contributed by atoms with Crippen molar-refractivity contribution in [2.24, 2.45) is 0 Å². The van der Waals surface area contributed by atoms with Crippen LogP contribution in [0.5, 0.6) is 5.75 Å². The number of sulfone groups is 1. The van der Waals surface area contributed by atoms with Crippen LogP contribution >= 0.6 is 11.6 Å². The lowest BCUT2D eigenvalue weighted by Crippen LogP contribution is -2.27. The molecular formula is C25H18ClF2N3O6S2. The summed E-state index contributed by atoms with van der Waals surface area (Å²) in [6.45, 7) is -0.161. The van der Waals surface area contributed by atoms with Gasteiger partial charge in [-0.3, -0.25) is 9.52 Å². The molecule has 1 aliphatic rings. The van der Waals surface area contributed by atoms with Crippen LogP contribution < -0.4 is 15.6 Å².